The Morgan fingerprint density at radius 3 is 2.00 bits per heavy atom. The van der Waals surface area contributed by atoms with Gasteiger partial charge in [-0.25, -0.2) is 0 Å². The molecule has 0 aromatic carbocycles. The van der Waals surface area contributed by atoms with Crippen molar-refractivity contribution >= 4 is 21.5 Å². The molecular formula is C4H6OP2. The van der Waals surface area contributed by atoms with Crippen molar-refractivity contribution in [1.29, 1.82) is 0 Å². The van der Waals surface area contributed by atoms with E-state index in [0.29, 0.717) is 5.78 Å². The van der Waals surface area contributed by atoms with Gasteiger partial charge in [0.15, 0.2) is 5.78 Å². The third-order valence-corrected chi connectivity index (χ3v) is 4.90. The number of carbonyl (C=O) groups is 1. The van der Waals surface area contributed by atoms with Crippen LogP contribution in [0.3, 0.4) is 0 Å². The van der Waals surface area contributed by atoms with Gasteiger partial charge in [-0.2, -0.15) is 0 Å². The maximum absolute atomic E-state index is 10.5. The second-order valence-electron chi connectivity index (χ2n) is 1.78. The molecule has 7 heavy (non-hydrogen) atoms. The summed E-state index contributed by atoms with van der Waals surface area (Å²) in [6.45, 7) is 3.66. The summed E-state index contributed by atoms with van der Waals surface area (Å²) in [5, 5.41) is 0. The van der Waals surface area contributed by atoms with Gasteiger partial charge in [-0.3, -0.25) is 4.79 Å². The zero-order valence-corrected chi connectivity index (χ0v) is 6.09. The minimum atomic E-state index is 0.0556. The van der Waals surface area contributed by atoms with Gasteiger partial charge >= 0.3 is 0 Å². The Kier molecular flexibility index (Phi) is 1.06. The fourth-order valence-corrected chi connectivity index (χ4v) is 1.94. The van der Waals surface area contributed by atoms with Gasteiger partial charge in [0.1, 0.15) is 4.90 Å². The van der Waals surface area contributed by atoms with Crippen LogP contribution in [-0.2, 0) is 4.79 Å². The quantitative estimate of drug-likeness (QED) is 0.499. The van der Waals surface area contributed by atoms with Crippen LogP contribution in [0.5, 0.6) is 0 Å². The molecule has 0 aromatic heterocycles. The van der Waals surface area contributed by atoms with Crippen LogP contribution in [0.2, 0.25) is 0 Å². The number of hydrogen-bond acceptors (Lipinski definition) is 1. The maximum atomic E-state index is 10.5. The molecule has 1 nitrogen and oxygen atoms in total. The third-order valence-electron chi connectivity index (χ3n) is 1.07. The van der Waals surface area contributed by atoms with Crippen LogP contribution in [0.4, 0.5) is 0 Å². The third kappa shape index (κ3) is 0.900. The summed E-state index contributed by atoms with van der Waals surface area (Å²) in [4.78, 5) is 10.6. The Hall–Kier alpha value is 0.270. The highest BCUT2D eigenvalue weighted by molar-refractivity contribution is 8.05. The molecule has 1 aliphatic heterocycles. The van der Waals surface area contributed by atoms with E-state index in [1.165, 1.54) is 15.7 Å². The van der Waals surface area contributed by atoms with Crippen LogP contribution < -0.4 is 0 Å². The van der Waals surface area contributed by atoms with Crippen molar-refractivity contribution in [1.82, 2.24) is 0 Å². The lowest BCUT2D eigenvalue weighted by Crippen LogP contribution is -2.09. The Morgan fingerprint density at radius 1 is 1.57 bits per heavy atom. The molecule has 0 atom stereocenters. The smallest absolute Gasteiger partial charge is 0.152 e. The Balaban J connectivity index is 2.58. The molecule has 0 aliphatic carbocycles. The lowest BCUT2D eigenvalue weighted by Gasteiger charge is -1.95. The number of carbonyl (C=O) groups excluding carboxylic acids is 1. The second-order valence-corrected chi connectivity index (χ2v) is 5.52. The maximum Gasteiger partial charge on any atom is 0.152 e. The van der Waals surface area contributed by atoms with Gasteiger partial charge in [-0.1, -0.05) is 15.7 Å². The largest absolute Gasteiger partial charge is 0.298 e. The molecule has 3 heteroatoms. The molecule has 0 radical (unpaired) electrons. The first-order chi connectivity index (χ1) is 3.15. The number of ketones is 1. The van der Waals surface area contributed by atoms with Crippen molar-refractivity contribution < 1.29 is 4.79 Å². The molecule has 1 heterocycles. The van der Waals surface area contributed by atoms with E-state index in [4.69, 9.17) is 0 Å². The van der Waals surface area contributed by atoms with Crippen LogP contribution in [0.15, 0.2) is 0 Å². The number of hydrogen-bond donors (Lipinski definition) is 0. The standard InChI is InChI=1S/C4H6OP2/c1-3(5)4(2)6-7-4/h1-2H3. The van der Waals surface area contributed by atoms with E-state index in [9.17, 15) is 4.79 Å². The summed E-state index contributed by atoms with van der Waals surface area (Å²) in [6, 6.07) is 0. The Labute approximate surface area is 45.9 Å². The molecule has 38 valence electrons. The van der Waals surface area contributed by atoms with Gasteiger partial charge in [-0.15, -0.1) is 0 Å². The monoisotopic (exact) mass is 132 g/mol. The molecule has 0 bridgehead atoms. The van der Waals surface area contributed by atoms with Crippen molar-refractivity contribution in [2.75, 3.05) is 0 Å². The van der Waals surface area contributed by atoms with Gasteiger partial charge in [0.25, 0.3) is 0 Å². The highest BCUT2D eigenvalue weighted by atomic mass is 31.8. The van der Waals surface area contributed by atoms with E-state index < -0.39 is 0 Å². The van der Waals surface area contributed by atoms with E-state index >= 15 is 0 Å². The van der Waals surface area contributed by atoms with Crippen molar-refractivity contribution in [2.24, 2.45) is 0 Å². The molecular weight excluding hydrogens is 126 g/mol. The first kappa shape index (κ1) is 5.41. The number of rotatable bonds is 1. The summed E-state index contributed by atoms with van der Waals surface area (Å²) in [5.41, 5.74) is 0. The highest BCUT2D eigenvalue weighted by Crippen LogP contribution is 2.59. The molecule has 0 unspecified atom stereocenters. The molecule has 1 aliphatic rings. The molecule has 0 amide bonds. The number of Topliss-reactive ketones (excluding diaryl/α,β-unsaturated/α-hetero) is 1. The summed E-state index contributed by atoms with van der Waals surface area (Å²) in [5.74, 6) is 0.329. The normalized spacial score (nSPS) is 40.3. The Bertz CT molecular complexity index is 133. The summed E-state index contributed by atoms with van der Waals surface area (Å²) in [7, 11) is 2.58. The predicted molar refractivity (Wildman–Crippen MR) is 32.9 cm³/mol. The molecule has 0 N–H and O–H groups in total. The summed E-state index contributed by atoms with van der Waals surface area (Å²) < 4.78 is 0. The fourth-order valence-electron chi connectivity index (χ4n) is 0.216. The zero-order chi connectivity index (χ0) is 5.49. The summed E-state index contributed by atoms with van der Waals surface area (Å²) in [6.07, 6.45) is 0. The van der Waals surface area contributed by atoms with E-state index in [1.807, 2.05) is 6.92 Å². The molecule has 1 rings (SSSR count). The van der Waals surface area contributed by atoms with Gasteiger partial charge < -0.3 is 0 Å². The van der Waals surface area contributed by atoms with Crippen molar-refractivity contribution in [3.8, 4) is 0 Å². The molecule has 0 spiro atoms. The lowest BCUT2D eigenvalue weighted by molar-refractivity contribution is -0.116. The van der Waals surface area contributed by atoms with Crippen LogP contribution >= 0.6 is 15.7 Å². The van der Waals surface area contributed by atoms with Crippen molar-refractivity contribution in [3.05, 3.63) is 0 Å². The van der Waals surface area contributed by atoms with Gasteiger partial charge in [-0.05, 0) is 13.8 Å². The fraction of sp³-hybridized carbons (Fsp3) is 0.750. The van der Waals surface area contributed by atoms with Gasteiger partial charge in [0.05, 0.1) is 0 Å². The van der Waals surface area contributed by atoms with Crippen molar-refractivity contribution in [3.63, 3.8) is 0 Å². The van der Waals surface area contributed by atoms with E-state index in [-0.39, 0.29) is 4.90 Å². The topological polar surface area (TPSA) is 17.1 Å². The van der Waals surface area contributed by atoms with Crippen LogP contribution in [0.1, 0.15) is 13.8 Å². The molecule has 0 saturated carbocycles. The zero-order valence-electron chi connectivity index (χ0n) is 4.30. The average molecular weight is 132 g/mol. The van der Waals surface area contributed by atoms with Crippen LogP contribution in [0, 0.1) is 0 Å². The van der Waals surface area contributed by atoms with Crippen LogP contribution in [-0.4, -0.2) is 10.7 Å². The first-order valence-corrected chi connectivity index (χ1v) is 4.60. The van der Waals surface area contributed by atoms with Crippen molar-refractivity contribution in [2.45, 2.75) is 18.7 Å². The molecule has 0 fully saturated rings. The molecule has 0 saturated heterocycles. The first-order valence-electron chi connectivity index (χ1n) is 2.10. The average Bonchev–Trinajstić information content (AvgIpc) is 2.21. The van der Waals surface area contributed by atoms with Crippen LogP contribution in [0.25, 0.3) is 0 Å². The highest BCUT2D eigenvalue weighted by Gasteiger charge is 2.35. The van der Waals surface area contributed by atoms with E-state index in [2.05, 4.69) is 0 Å². The van der Waals surface area contributed by atoms with Gasteiger partial charge in [0.2, 0.25) is 0 Å². The second kappa shape index (κ2) is 1.37. The SMILES string of the molecule is CC(=O)C1(C)P=P1. The Morgan fingerprint density at radius 2 is 2.00 bits per heavy atom. The van der Waals surface area contributed by atoms with E-state index in [1.54, 1.807) is 6.92 Å². The summed E-state index contributed by atoms with van der Waals surface area (Å²) >= 11 is 0. The van der Waals surface area contributed by atoms with Gasteiger partial charge in [0, 0.05) is 0 Å². The lowest BCUT2D eigenvalue weighted by atomic mass is 10.3. The molecule has 0 aromatic rings. The minimum absolute atomic E-state index is 0.0556. The van der Waals surface area contributed by atoms with E-state index in [0.717, 1.165) is 0 Å². The minimum Gasteiger partial charge on any atom is -0.298 e. The predicted octanol–water partition coefficient (Wildman–Crippen LogP) is 2.11.